The van der Waals surface area contributed by atoms with Crippen LogP contribution in [-0.4, -0.2) is 24.6 Å². The summed E-state index contributed by atoms with van der Waals surface area (Å²) in [6.07, 6.45) is -0.838. The van der Waals surface area contributed by atoms with Crippen molar-refractivity contribution < 1.29 is 19.1 Å². The Labute approximate surface area is 151 Å². The minimum atomic E-state index is -0.838. The molecule has 0 saturated carbocycles. The monoisotopic (exact) mass is 361 g/mol. The summed E-state index contributed by atoms with van der Waals surface area (Å²) in [5.41, 5.74) is 2.74. The van der Waals surface area contributed by atoms with Crippen molar-refractivity contribution in [2.24, 2.45) is 0 Å². The molecule has 25 heavy (non-hydrogen) atoms. The van der Waals surface area contributed by atoms with E-state index in [0.717, 1.165) is 11.1 Å². The van der Waals surface area contributed by atoms with Crippen LogP contribution in [-0.2, 0) is 14.3 Å². The molecule has 0 radical (unpaired) electrons. The summed E-state index contributed by atoms with van der Waals surface area (Å²) >= 11 is 5.79. The highest BCUT2D eigenvalue weighted by Crippen LogP contribution is 2.17. The van der Waals surface area contributed by atoms with Crippen LogP contribution >= 0.6 is 11.6 Å². The van der Waals surface area contributed by atoms with Gasteiger partial charge in [0.15, 0.2) is 12.7 Å². The van der Waals surface area contributed by atoms with Crippen molar-refractivity contribution >= 4 is 29.2 Å². The standard InChI is InChI=1S/C19H20ClNO4/c1-12-4-9-17(13(2)10-12)21-18(22)11-24-19(23)14(3)25-16-7-5-15(20)6-8-16/h4-10,14H,11H2,1-3H3,(H,21,22)/t14-/m1/s1. The molecule has 2 aromatic carbocycles. The lowest BCUT2D eigenvalue weighted by Gasteiger charge is -2.14. The van der Waals surface area contributed by atoms with E-state index in [1.54, 1.807) is 31.2 Å². The highest BCUT2D eigenvalue weighted by molar-refractivity contribution is 6.30. The number of nitrogens with one attached hydrogen (secondary N) is 1. The number of rotatable bonds is 6. The number of carbonyl (C=O) groups excluding carboxylic acids is 2. The van der Waals surface area contributed by atoms with Gasteiger partial charge in [-0.2, -0.15) is 0 Å². The van der Waals surface area contributed by atoms with Gasteiger partial charge in [0.25, 0.3) is 5.91 Å². The first-order valence-corrected chi connectivity index (χ1v) is 8.19. The van der Waals surface area contributed by atoms with Crippen LogP contribution < -0.4 is 10.1 Å². The number of anilines is 1. The number of ether oxygens (including phenoxy) is 2. The average Bonchev–Trinajstić information content (AvgIpc) is 2.57. The van der Waals surface area contributed by atoms with Gasteiger partial charge in [-0.3, -0.25) is 4.79 Å². The third-order valence-electron chi connectivity index (χ3n) is 3.46. The highest BCUT2D eigenvalue weighted by atomic mass is 35.5. The molecule has 1 atom stereocenters. The van der Waals surface area contributed by atoms with Gasteiger partial charge in [-0.15, -0.1) is 0 Å². The second-order valence-corrected chi connectivity index (χ2v) is 6.12. The maximum absolute atomic E-state index is 11.9. The SMILES string of the molecule is Cc1ccc(NC(=O)COC(=O)[C@@H](C)Oc2ccc(Cl)cc2)c(C)c1. The molecule has 0 saturated heterocycles. The molecule has 132 valence electrons. The number of aryl methyl sites for hydroxylation is 2. The fraction of sp³-hybridized carbons (Fsp3) is 0.263. The van der Waals surface area contributed by atoms with Crippen LogP contribution in [0.2, 0.25) is 5.02 Å². The van der Waals surface area contributed by atoms with E-state index in [-0.39, 0.29) is 6.61 Å². The molecule has 0 aromatic heterocycles. The van der Waals surface area contributed by atoms with E-state index >= 15 is 0 Å². The van der Waals surface area contributed by atoms with Crippen molar-refractivity contribution in [1.82, 2.24) is 0 Å². The largest absolute Gasteiger partial charge is 0.479 e. The Balaban J connectivity index is 1.82. The summed E-state index contributed by atoms with van der Waals surface area (Å²) in [5.74, 6) is -0.529. The predicted octanol–water partition coefficient (Wildman–Crippen LogP) is 3.91. The molecule has 0 spiro atoms. The van der Waals surface area contributed by atoms with Crippen LogP contribution in [0.15, 0.2) is 42.5 Å². The molecule has 0 bridgehead atoms. The molecular weight excluding hydrogens is 342 g/mol. The van der Waals surface area contributed by atoms with Crippen molar-refractivity contribution in [2.75, 3.05) is 11.9 Å². The Morgan fingerprint density at radius 1 is 1.12 bits per heavy atom. The fourth-order valence-electron chi connectivity index (χ4n) is 2.16. The predicted molar refractivity (Wildman–Crippen MR) is 97.0 cm³/mol. The lowest BCUT2D eigenvalue weighted by atomic mass is 10.1. The maximum atomic E-state index is 11.9. The average molecular weight is 362 g/mol. The van der Waals surface area contributed by atoms with E-state index in [9.17, 15) is 9.59 Å². The first-order chi connectivity index (χ1) is 11.8. The minimum Gasteiger partial charge on any atom is -0.479 e. The van der Waals surface area contributed by atoms with Crippen molar-refractivity contribution in [3.05, 3.63) is 58.6 Å². The van der Waals surface area contributed by atoms with Gasteiger partial charge in [0.05, 0.1) is 0 Å². The van der Waals surface area contributed by atoms with Gasteiger partial charge in [-0.05, 0) is 56.7 Å². The smallest absolute Gasteiger partial charge is 0.347 e. The third kappa shape index (κ3) is 5.80. The number of carbonyl (C=O) groups is 2. The Morgan fingerprint density at radius 2 is 1.80 bits per heavy atom. The summed E-state index contributed by atoms with van der Waals surface area (Å²) in [4.78, 5) is 23.9. The zero-order valence-electron chi connectivity index (χ0n) is 14.3. The van der Waals surface area contributed by atoms with Crippen LogP contribution in [0.5, 0.6) is 5.75 Å². The van der Waals surface area contributed by atoms with Crippen molar-refractivity contribution in [3.63, 3.8) is 0 Å². The molecule has 0 aliphatic rings. The van der Waals surface area contributed by atoms with E-state index in [2.05, 4.69) is 5.32 Å². The van der Waals surface area contributed by atoms with E-state index in [4.69, 9.17) is 21.1 Å². The molecule has 0 unspecified atom stereocenters. The van der Waals surface area contributed by atoms with E-state index in [0.29, 0.717) is 16.5 Å². The summed E-state index contributed by atoms with van der Waals surface area (Å²) in [5, 5.41) is 3.29. The second-order valence-electron chi connectivity index (χ2n) is 5.69. The fourth-order valence-corrected chi connectivity index (χ4v) is 2.29. The molecule has 0 fully saturated rings. The number of amides is 1. The van der Waals surface area contributed by atoms with Crippen LogP contribution in [0, 0.1) is 13.8 Å². The zero-order chi connectivity index (χ0) is 18.4. The van der Waals surface area contributed by atoms with Crippen LogP contribution in [0.4, 0.5) is 5.69 Å². The molecule has 5 nitrogen and oxygen atoms in total. The summed E-state index contributed by atoms with van der Waals surface area (Å²) in [6, 6.07) is 12.3. The number of hydrogen-bond donors (Lipinski definition) is 1. The topological polar surface area (TPSA) is 64.6 Å². The molecule has 1 N–H and O–H groups in total. The molecular formula is C19H20ClNO4. The first-order valence-electron chi connectivity index (χ1n) is 7.81. The van der Waals surface area contributed by atoms with Gasteiger partial charge < -0.3 is 14.8 Å². The molecule has 2 rings (SSSR count). The molecule has 2 aromatic rings. The zero-order valence-corrected chi connectivity index (χ0v) is 15.1. The number of hydrogen-bond acceptors (Lipinski definition) is 4. The summed E-state index contributed by atoms with van der Waals surface area (Å²) in [7, 11) is 0. The third-order valence-corrected chi connectivity index (χ3v) is 3.71. The Bertz CT molecular complexity index is 759. The van der Waals surface area contributed by atoms with Gasteiger partial charge in [0.1, 0.15) is 5.75 Å². The molecule has 6 heteroatoms. The molecule has 0 aliphatic carbocycles. The van der Waals surface area contributed by atoms with E-state index in [1.807, 2.05) is 32.0 Å². The van der Waals surface area contributed by atoms with Crippen LogP contribution in [0.25, 0.3) is 0 Å². The van der Waals surface area contributed by atoms with Gasteiger partial charge in [-0.1, -0.05) is 29.3 Å². The number of halogens is 1. The van der Waals surface area contributed by atoms with Crippen LogP contribution in [0.3, 0.4) is 0 Å². The quantitative estimate of drug-likeness (QED) is 0.792. The van der Waals surface area contributed by atoms with Gasteiger partial charge in [0.2, 0.25) is 0 Å². The highest BCUT2D eigenvalue weighted by Gasteiger charge is 2.18. The van der Waals surface area contributed by atoms with Crippen LogP contribution in [0.1, 0.15) is 18.1 Å². The normalized spacial score (nSPS) is 11.5. The number of benzene rings is 2. The van der Waals surface area contributed by atoms with Crippen molar-refractivity contribution in [2.45, 2.75) is 26.9 Å². The lowest BCUT2D eigenvalue weighted by molar-refractivity contribution is -0.153. The summed E-state index contributed by atoms with van der Waals surface area (Å²) < 4.78 is 10.4. The van der Waals surface area contributed by atoms with Crippen molar-refractivity contribution in [3.8, 4) is 5.75 Å². The second kappa shape index (κ2) is 8.53. The Kier molecular flexibility index (Phi) is 6.42. The Hall–Kier alpha value is -2.53. The molecule has 1 amide bonds. The first kappa shape index (κ1) is 18.8. The maximum Gasteiger partial charge on any atom is 0.347 e. The molecule has 0 aliphatic heterocycles. The Morgan fingerprint density at radius 3 is 2.44 bits per heavy atom. The van der Waals surface area contributed by atoms with E-state index < -0.39 is 18.0 Å². The summed E-state index contributed by atoms with van der Waals surface area (Å²) in [6.45, 7) is 5.05. The molecule has 0 heterocycles. The lowest BCUT2D eigenvalue weighted by Crippen LogP contribution is -2.29. The van der Waals surface area contributed by atoms with E-state index in [1.165, 1.54) is 0 Å². The minimum absolute atomic E-state index is 0.375. The van der Waals surface area contributed by atoms with Gasteiger partial charge >= 0.3 is 5.97 Å². The van der Waals surface area contributed by atoms with Crippen molar-refractivity contribution in [1.29, 1.82) is 0 Å². The number of esters is 1. The van der Waals surface area contributed by atoms with Gasteiger partial charge in [-0.25, -0.2) is 4.79 Å². The van der Waals surface area contributed by atoms with Gasteiger partial charge in [0, 0.05) is 10.7 Å².